The van der Waals surface area contributed by atoms with E-state index in [1.807, 2.05) is 24.6 Å². The van der Waals surface area contributed by atoms with Crippen LogP contribution in [-0.2, 0) is 17.7 Å². The second kappa shape index (κ2) is 5.46. The Bertz CT molecular complexity index is 321. The zero-order chi connectivity index (χ0) is 12.2. The van der Waals surface area contributed by atoms with Crippen LogP contribution in [-0.4, -0.2) is 33.5 Å². The molecule has 4 nitrogen and oxygen atoms in total. The second-order valence-electron chi connectivity index (χ2n) is 4.66. The molecular formula is C12H22N2O2. The lowest BCUT2D eigenvalue weighted by atomic mass is 9.98. The van der Waals surface area contributed by atoms with Gasteiger partial charge in [0.05, 0.1) is 11.7 Å². The van der Waals surface area contributed by atoms with Crippen LogP contribution in [0.1, 0.15) is 33.0 Å². The lowest BCUT2D eigenvalue weighted by Crippen LogP contribution is -2.30. The average Bonchev–Trinajstić information content (AvgIpc) is 2.64. The summed E-state index contributed by atoms with van der Waals surface area (Å²) >= 11 is 0. The largest absolute Gasteiger partial charge is 0.393 e. The van der Waals surface area contributed by atoms with E-state index in [0.29, 0.717) is 12.8 Å². The molecule has 0 amide bonds. The summed E-state index contributed by atoms with van der Waals surface area (Å²) in [4.78, 5) is 4.24. The van der Waals surface area contributed by atoms with Crippen molar-refractivity contribution in [1.29, 1.82) is 0 Å². The first-order valence-electron chi connectivity index (χ1n) is 5.71. The highest BCUT2D eigenvalue weighted by Crippen LogP contribution is 2.17. The van der Waals surface area contributed by atoms with E-state index in [4.69, 9.17) is 4.74 Å². The van der Waals surface area contributed by atoms with Crippen molar-refractivity contribution in [3.8, 4) is 0 Å². The minimum Gasteiger partial charge on any atom is -0.393 e. The number of imidazole rings is 1. The summed E-state index contributed by atoms with van der Waals surface area (Å²) in [6.07, 6.45) is 4.48. The maximum absolute atomic E-state index is 9.97. The van der Waals surface area contributed by atoms with Gasteiger partial charge in [0, 0.05) is 38.9 Å². The average molecular weight is 226 g/mol. The molecule has 1 N–H and O–H groups in total. The molecule has 0 aromatic carbocycles. The van der Waals surface area contributed by atoms with E-state index in [1.165, 1.54) is 0 Å². The molecular weight excluding hydrogens is 204 g/mol. The molecule has 1 rings (SSSR count). The fourth-order valence-electron chi connectivity index (χ4n) is 1.75. The summed E-state index contributed by atoms with van der Waals surface area (Å²) in [5.41, 5.74) is -0.289. The smallest absolute Gasteiger partial charge is 0.111 e. The van der Waals surface area contributed by atoms with Gasteiger partial charge < -0.3 is 14.4 Å². The number of aromatic nitrogens is 2. The topological polar surface area (TPSA) is 47.3 Å². The number of aryl methyl sites for hydroxylation is 1. The molecule has 1 unspecified atom stereocenters. The van der Waals surface area contributed by atoms with Crippen LogP contribution in [0.5, 0.6) is 0 Å². The molecule has 1 aromatic rings. The van der Waals surface area contributed by atoms with E-state index in [9.17, 15) is 5.11 Å². The number of ether oxygens (including phenoxy) is 1. The number of aliphatic hydroxyl groups is 1. The van der Waals surface area contributed by atoms with Gasteiger partial charge in [0.15, 0.2) is 0 Å². The lowest BCUT2D eigenvalue weighted by molar-refractivity contribution is -0.0196. The van der Waals surface area contributed by atoms with Crippen LogP contribution in [0.25, 0.3) is 0 Å². The molecule has 0 fully saturated rings. The summed E-state index contributed by atoms with van der Waals surface area (Å²) < 4.78 is 7.34. The molecule has 0 radical (unpaired) electrons. The quantitative estimate of drug-likeness (QED) is 0.802. The zero-order valence-electron chi connectivity index (χ0n) is 10.6. The maximum atomic E-state index is 9.97. The van der Waals surface area contributed by atoms with E-state index in [-0.39, 0.29) is 5.60 Å². The number of hydrogen-bond acceptors (Lipinski definition) is 3. The van der Waals surface area contributed by atoms with E-state index < -0.39 is 6.10 Å². The summed E-state index contributed by atoms with van der Waals surface area (Å²) in [7, 11) is 1.67. The Hall–Kier alpha value is -0.870. The molecule has 16 heavy (non-hydrogen) atoms. The summed E-state index contributed by atoms with van der Waals surface area (Å²) in [5, 5.41) is 9.97. The first-order chi connectivity index (χ1) is 7.48. The molecule has 0 spiro atoms. The fraction of sp³-hybridized carbons (Fsp3) is 0.750. The van der Waals surface area contributed by atoms with Crippen molar-refractivity contribution in [2.45, 2.75) is 51.9 Å². The van der Waals surface area contributed by atoms with Crippen molar-refractivity contribution in [3.05, 3.63) is 18.2 Å². The molecule has 1 aromatic heterocycles. The number of methoxy groups -OCH3 is 1. The maximum Gasteiger partial charge on any atom is 0.111 e. The van der Waals surface area contributed by atoms with E-state index in [0.717, 1.165) is 12.4 Å². The van der Waals surface area contributed by atoms with Crippen LogP contribution < -0.4 is 0 Å². The van der Waals surface area contributed by atoms with Crippen molar-refractivity contribution in [2.24, 2.45) is 0 Å². The summed E-state index contributed by atoms with van der Waals surface area (Å²) in [6, 6.07) is 0. The van der Waals surface area contributed by atoms with Gasteiger partial charge in [-0.3, -0.25) is 0 Å². The highest BCUT2D eigenvalue weighted by molar-refractivity contribution is 4.94. The predicted molar refractivity (Wildman–Crippen MR) is 63.3 cm³/mol. The SMILES string of the molecule is CCn1ccnc1CC(O)CC(C)(C)OC. The Morgan fingerprint density at radius 1 is 1.56 bits per heavy atom. The van der Waals surface area contributed by atoms with E-state index >= 15 is 0 Å². The Balaban J connectivity index is 2.54. The van der Waals surface area contributed by atoms with Crippen LogP contribution in [0.2, 0.25) is 0 Å². The van der Waals surface area contributed by atoms with Gasteiger partial charge in [-0.2, -0.15) is 0 Å². The first-order valence-corrected chi connectivity index (χ1v) is 5.71. The molecule has 0 bridgehead atoms. The highest BCUT2D eigenvalue weighted by Gasteiger charge is 2.22. The molecule has 1 heterocycles. The van der Waals surface area contributed by atoms with Crippen molar-refractivity contribution < 1.29 is 9.84 Å². The number of hydrogen-bond donors (Lipinski definition) is 1. The van der Waals surface area contributed by atoms with Gasteiger partial charge in [-0.25, -0.2) is 4.98 Å². The van der Waals surface area contributed by atoms with Crippen molar-refractivity contribution in [1.82, 2.24) is 9.55 Å². The highest BCUT2D eigenvalue weighted by atomic mass is 16.5. The predicted octanol–water partition coefficient (Wildman–Crippen LogP) is 1.62. The standard InChI is InChI=1S/C12H22N2O2/c1-5-14-7-6-13-11(14)8-10(15)9-12(2,3)16-4/h6-7,10,15H,5,8-9H2,1-4H3. The molecule has 1 atom stereocenters. The lowest BCUT2D eigenvalue weighted by Gasteiger charge is -2.25. The fourth-order valence-corrected chi connectivity index (χ4v) is 1.75. The van der Waals surface area contributed by atoms with Gasteiger partial charge in [0.2, 0.25) is 0 Å². The number of nitrogens with zero attached hydrogens (tertiary/aromatic N) is 2. The van der Waals surface area contributed by atoms with Crippen molar-refractivity contribution in [3.63, 3.8) is 0 Å². The van der Waals surface area contributed by atoms with E-state index in [1.54, 1.807) is 13.3 Å². The van der Waals surface area contributed by atoms with Crippen molar-refractivity contribution in [2.75, 3.05) is 7.11 Å². The van der Waals surface area contributed by atoms with Gasteiger partial charge in [-0.1, -0.05) is 0 Å². The van der Waals surface area contributed by atoms with Crippen LogP contribution in [0.3, 0.4) is 0 Å². The molecule has 4 heteroatoms. The van der Waals surface area contributed by atoms with Crippen molar-refractivity contribution >= 4 is 0 Å². The number of aliphatic hydroxyl groups excluding tert-OH is 1. The van der Waals surface area contributed by atoms with Crippen LogP contribution >= 0.6 is 0 Å². The summed E-state index contributed by atoms with van der Waals surface area (Å²) in [5.74, 6) is 0.932. The first kappa shape index (κ1) is 13.2. The Labute approximate surface area is 97.3 Å². The third-order valence-electron chi connectivity index (χ3n) is 2.84. The molecule has 92 valence electrons. The molecule has 0 saturated heterocycles. The van der Waals surface area contributed by atoms with Crippen LogP contribution in [0.15, 0.2) is 12.4 Å². The number of rotatable bonds is 6. The molecule has 0 saturated carbocycles. The van der Waals surface area contributed by atoms with Crippen LogP contribution in [0.4, 0.5) is 0 Å². The van der Waals surface area contributed by atoms with E-state index in [2.05, 4.69) is 11.9 Å². The summed E-state index contributed by atoms with van der Waals surface area (Å²) in [6.45, 7) is 6.90. The van der Waals surface area contributed by atoms with Gasteiger partial charge in [-0.15, -0.1) is 0 Å². The van der Waals surface area contributed by atoms with Gasteiger partial charge >= 0.3 is 0 Å². The van der Waals surface area contributed by atoms with Crippen LogP contribution in [0, 0.1) is 0 Å². The minimum absolute atomic E-state index is 0.289. The molecule has 0 aliphatic heterocycles. The minimum atomic E-state index is -0.414. The van der Waals surface area contributed by atoms with Gasteiger partial charge in [0.25, 0.3) is 0 Å². The van der Waals surface area contributed by atoms with Gasteiger partial charge in [0.1, 0.15) is 5.82 Å². The third kappa shape index (κ3) is 3.61. The second-order valence-corrected chi connectivity index (χ2v) is 4.66. The monoisotopic (exact) mass is 226 g/mol. The Morgan fingerprint density at radius 2 is 2.25 bits per heavy atom. The Morgan fingerprint density at radius 3 is 2.81 bits per heavy atom. The third-order valence-corrected chi connectivity index (χ3v) is 2.84. The zero-order valence-corrected chi connectivity index (χ0v) is 10.6. The Kier molecular flexibility index (Phi) is 4.50. The van der Waals surface area contributed by atoms with Gasteiger partial charge in [-0.05, 0) is 20.8 Å². The normalized spacial score (nSPS) is 14.1. The molecule has 0 aliphatic rings. The molecule has 0 aliphatic carbocycles.